The Kier molecular flexibility index (Phi) is 3.71. The highest BCUT2D eigenvalue weighted by Gasteiger charge is 2.07. The van der Waals surface area contributed by atoms with Gasteiger partial charge in [-0.3, -0.25) is 4.79 Å². The SMILES string of the molecule is NC(=O)CCOc1cccc(Cl)c1F. The molecule has 0 radical (unpaired) electrons. The maximum atomic E-state index is 13.2. The van der Waals surface area contributed by atoms with Gasteiger partial charge in [0, 0.05) is 0 Å². The molecule has 1 aromatic rings. The summed E-state index contributed by atoms with van der Waals surface area (Å²) in [6.45, 7) is 0.0482. The van der Waals surface area contributed by atoms with Crippen LogP contribution < -0.4 is 10.5 Å². The van der Waals surface area contributed by atoms with Gasteiger partial charge in [0.25, 0.3) is 0 Å². The fourth-order valence-electron chi connectivity index (χ4n) is 0.857. The average Bonchev–Trinajstić information content (AvgIpc) is 2.12. The van der Waals surface area contributed by atoms with Crippen LogP contribution in [-0.2, 0) is 4.79 Å². The largest absolute Gasteiger partial charge is 0.490 e. The summed E-state index contributed by atoms with van der Waals surface area (Å²) in [5.74, 6) is -1.09. The third-order valence-electron chi connectivity index (χ3n) is 1.52. The normalized spacial score (nSPS) is 9.86. The molecule has 0 unspecified atom stereocenters. The molecule has 1 aromatic carbocycles. The molecule has 0 fully saturated rings. The zero-order valence-corrected chi connectivity index (χ0v) is 8.05. The van der Waals surface area contributed by atoms with Crippen LogP contribution in [0.5, 0.6) is 5.75 Å². The van der Waals surface area contributed by atoms with Gasteiger partial charge in [-0.05, 0) is 12.1 Å². The average molecular weight is 218 g/mol. The van der Waals surface area contributed by atoms with Crippen LogP contribution in [0, 0.1) is 5.82 Å². The molecule has 0 aliphatic heterocycles. The van der Waals surface area contributed by atoms with Gasteiger partial charge in [-0.25, -0.2) is 4.39 Å². The van der Waals surface area contributed by atoms with Crippen molar-refractivity contribution in [1.82, 2.24) is 0 Å². The Morgan fingerprint density at radius 1 is 1.57 bits per heavy atom. The van der Waals surface area contributed by atoms with Crippen LogP contribution >= 0.6 is 11.6 Å². The van der Waals surface area contributed by atoms with Gasteiger partial charge in [-0.15, -0.1) is 0 Å². The van der Waals surface area contributed by atoms with Crippen molar-refractivity contribution in [1.29, 1.82) is 0 Å². The van der Waals surface area contributed by atoms with E-state index in [1.807, 2.05) is 0 Å². The Morgan fingerprint density at radius 3 is 2.93 bits per heavy atom. The summed E-state index contributed by atoms with van der Waals surface area (Å²) in [5, 5.41) is -0.0124. The topological polar surface area (TPSA) is 52.3 Å². The fraction of sp³-hybridized carbons (Fsp3) is 0.222. The molecule has 0 saturated heterocycles. The molecule has 0 aromatic heterocycles. The fourth-order valence-corrected chi connectivity index (χ4v) is 1.02. The number of rotatable bonds is 4. The predicted octanol–water partition coefficient (Wildman–Crippen LogP) is 1.73. The molecule has 76 valence electrons. The molecule has 0 spiro atoms. The second kappa shape index (κ2) is 4.81. The summed E-state index contributed by atoms with van der Waals surface area (Å²) < 4.78 is 18.1. The van der Waals surface area contributed by atoms with Gasteiger partial charge in [-0.2, -0.15) is 0 Å². The molecule has 0 aliphatic carbocycles. The minimum absolute atomic E-state index is 0.0124. The highest BCUT2D eigenvalue weighted by molar-refractivity contribution is 6.30. The summed E-state index contributed by atoms with van der Waals surface area (Å²) in [7, 11) is 0. The van der Waals surface area contributed by atoms with Crippen molar-refractivity contribution in [2.45, 2.75) is 6.42 Å². The number of benzene rings is 1. The minimum atomic E-state index is -0.626. The maximum absolute atomic E-state index is 13.2. The van der Waals surface area contributed by atoms with Crippen LogP contribution in [0.4, 0.5) is 4.39 Å². The Bertz CT molecular complexity index is 344. The van der Waals surface area contributed by atoms with Crippen molar-refractivity contribution in [2.24, 2.45) is 5.73 Å². The third kappa shape index (κ3) is 2.88. The Hall–Kier alpha value is -1.29. The lowest BCUT2D eigenvalue weighted by Crippen LogP contribution is -2.14. The van der Waals surface area contributed by atoms with Crippen LogP contribution in [0.2, 0.25) is 5.02 Å². The molecular weight excluding hydrogens is 209 g/mol. The predicted molar refractivity (Wildman–Crippen MR) is 50.7 cm³/mol. The number of carbonyl (C=O) groups is 1. The minimum Gasteiger partial charge on any atom is -0.490 e. The summed E-state index contributed by atoms with van der Waals surface area (Å²) >= 11 is 5.51. The monoisotopic (exact) mass is 217 g/mol. The smallest absolute Gasteiger partial charge is 0.220 e. The molecule has 1 rings (SSSR count). The molecule has 2 N–H and O–H groups in total. The van der Waals surface area contributed by atoms with Gasteiger partial charge in [0.15, 0.2) is 11.6 Å². The van der Waals surface area contributed by atoms with Gasteiger partial charge >= 0.3 is 0 Å². The maximum Gasteiger partial charge on any atom is 0.220 e. The number of primary amides is 1. The number of hydrogen-bond donors (Lipinski definition) is 1. The molecule has 14 heavy (non-hydrogen) atoms. The second-order valence-corrected chi connectivity index (χ2v) is 3.02. The molecule has 0 atom stereocenters. The van der Waals surface area contributed by atoms with Crippen LogP contribution in [0.3, 0.4) is 0 Å². The summed E-state index contributed by atoms with van der Waals surface area (Å²) in [4.78, 5) is 10.4. The van der Waals surface area contributed by atoms with E-state index in [9.17, 15) is 9.18 Å². The first-order valence-electron chi connectivity index (χ1n) is 3.96. The molecule has 5 heteroatoms. The highest BCUT2D eigenvalue weighted by atomic mass is 35.5. The molecule has 0 heterocycles. The first-order chi connectivity index (χ1) is 6.61. The number of halogens is 2. The number of hydrogen-bond acceptors (Lipinski definition) is 2. The number of ether oxygens (including phenoxy) is 1. The van der Waals surface area contributed by atoms with E-state index in [0.717, 1.165) is 0 Å². The Balaban J connectivity index is 2.59. The van der Waals surface area contributed by atoms with E-state index in [-0.39, 0.29) is 23.8 Å². The quantitative estimate of drug-likeness (QED) is 0.835. The first kappa shape index (κ1) is 10.8. The molecule has 0 bridgehead atoms. The lowest BCUT2D eigenvalue weighted by atomic mass is 10.3. The van der Waals surface area contributed by atoms with Crippen molar-refractivity contribution in [3.05, 3.63) is 29.0 Å². The van der Waals surface area contributed by atoms with Crippen molar-refractivity contribution in [3.63, 3.8) is 0 Å². The van der Waals surface area contributed by atoms with Crippen LogP contribution in [0.25, 0.3) is 0 Å². The van der Waals surface area contributed by atoms with E-state index >= 15 is 0 Å². The third-order valence-corrected chi connectivity index (χ3v) is 1.81. The van der Waals surface area contributed by atoms with E-state index < -0.39 is 11.7 Å². The van der Waals surface area contributed by atoms with E-state index in [0.29, 0.717) is 0 Å². The van der Waals surface area contributed by atoms with Gasteiger partial charge < -0.3 is 10.5 Å². The lowest BCUT2D eigenvalue weighted by Gasteiger charge is -2.06. The molecule has 0 aliphatic rings. The van der Waals surface area contributed by atoms with E-state index in [4.69, 9.17) is 22.1 Å². The standard InChI is InChI=1S/C9H9ClFNO2/c10-6-2-1-3-7(9(6)11)14-5-4-8(12)13/h1-3H,4-5H2,(H2,12,13). The zero-order valence-electron chi connectivity index (χ0n) is 7.30. The number of amides is 1. The van der Waals surface area contributed by atoms with Crippen LogP contribution in [-0.4, -0.2) is 12.5 Å². The molecule has 0 saturated carbocycles. The van der Waals surface area contributed by atoms with E-state index in [1.165, 1.54) is 12.1 Å². The van der Waals surface area contributed by atoms with E-state index in [1.54, 1.807) is 6.07 Å². The van der Waals surface area contributed by atoms with Gasteiger partial charge in [0.1, 0.15) is 0 Å². The van der Waals surface area contributed by atoms with E-state index in [2.05, 4.69) is 0 Å². The van der Waals surface area contributed by atoms with Crippen molar-refractivity contribution in [3.8, 4) is 5.75 Å². The number of nitrogens with two attached hydrogens (primary N) is 1. The summed E-state index contributed by atoms with van der Waals surface area (Å²) in [6.07, 6.45) is 0.0476. The lowest BCUT2D eigenvalue weighted by molar-refractivity contribution is -0.118. The molecule has 3 nitrogen and oxygen atoms in total. The van der Waals surface area contributed by atoms with Gasteiger partial charge in [-0.1, -0.05) is 17.7 Å². The second-order valence-electron chi connectivity index (χ2n) is 2.62. The van der Waals surface area contributed by atoms with Gasteiger partial charge in [0.05, 0.1) is 18.1 Å². The molecule has 1 amide bonds. The van der Waals surface area contributed by atoms with Crippen molar-refractivity contribution >= 4 is 17.5 Å². The van der Waals surface area contributed by atoms with Crippen molar-refractivity contribution < 1.29 is 13.9 Å². The zero-order chi connectivity index (χ0) is 10.6. The van der Waals surface area contributed by atoms with Gasteiger partial charge in [0.2, 0.25) is 5.91 Å². The first-order valence-corrected chi connectivity index (χ1v) is 4.34. The van der Waals surface area contributed by atoms with Crippen molar-refractivity contribution in [2.75, 3.05) is 6.61 Å². The summed E-state index contributed by atoms with van der Waals surface area (Å²) in [6, 6.07) is 4.41. The summed E-state index contributed by atoms with van der Waals surface area (Å²) in [5.41, 5.74) is 4.89. The highest BCUT2D eigenvalue weighted by Crippen LogP contribution is 2.23. The number of carbonyl (C=O) groups excluding carboxylic acids is 1. The van der Waals surface area contributed by atoms with Crippen LogP contribution in [0.1, 0.15) is 6.42 Å². The Labute approximate surface area is 85.6 Å². The Morgan fingerprint density at radius 2 is 2.29 bits per heavy atom. The molecular formula is C9H9ClFNO2. The van der Waals surface area contributed by atoms with Crippen LogP contribution in [0.15, 0.2) is 18.2 Å².